The molecule has 0 spiro atoms. The first-order chi connectivity index (χ1) is 7.66. The Morgan fingerprint density at radius 2 is 2.19 bits per heavy atom. The summed E-state index contributed by atoms with van der Waals surface area (Å²) in [5.41, 5.74) is 5.67. The highest BCUT2D eigenvalue weighted by atomic mass is 16.2. The van der Waals surface area contributed by atoms with Crippen LogP contribution in [0.2, 0.25) is 0 Å². The van der Waals surface area contributed by atoms with E-state index in [4.69, 9.17) is 5.73 Å². The highest BCUT2D eigenvalue weighted by Crippen LogP contribution is 2.21. The van der Waals surface area contributed by atoms with Crippen LogP contribution in [-0.2, 0) is 4.79 Å². The second kappa shape index (κ2) is 5.15. The Morgan fingerprint density at radius 3 is 2.94 bits per heavy atom. The van der Waals surface area contributed by atoms with Gasteiger partial charge in [-0.05, 0) is 26.3 Å². The van der Waals surface area contributed by atoms with Crippen LogP contribution in [-0.4, -0.2) is 54.0 Å². The predicted molar refractivity (Wildman–Crippen MR) is 64.1 cm³/mol. The van der Waals surface area contributed by atoms with Crippen LogP contribution >= 0.6 is 0 Å². The minimum Gasteiger partial charge on any atom is -0.340 e. The molecule has 2 rings (SSSR count). The number of piperazine rings is 1. The normalized spacial score (nSPS) is 28.6. The minimum atomic E-state index is -0.0168. The molecule has 0 bridgehead atoms. The van der Waals surface area contributed by atoms with E-state index in [0.717, 1.165) is 19.6 Å². The van der Waals surface area contributed by atoms with Crippen molar-refractivity contribution in [1.82, 2.24) is 9.80 Å². The van der Waals surface area contributed by atoms with Gasteiger partial charge in [0, 0.05) is 38.1 Å². The lowest BCUT2D eigenvalue weighted by Gasteiger charge is -2.44. The van der Waals surface area contributed by atoms with Crippen molar-refractivity contribution in [3.05, 3.63) is 0 Å². The third-order valence-electron chi connectivity index (χ3n) is 3.69. The summed E-state index contributed by atoms with van der Waals surface area (Å²) in [5.74, 6) is 0.236. The van der Waals surface area contributed by atoms with E-state index in [1.165, 1.54) is 25.8 Å². The van der Waals surface area contributed by atoms with Gasteiger partial charge in [-0.15, -0.1) is 0 Å². The van der Waals surface area contributed by atoms with Crippen molar-refractivity contribution < 1.29 is 4.79 Å². The van der Waals surface area contributed by atoms with Gasteiger partial charge in [0.25, 0.3) is 0 Å². The zero-order chi connectivity index (χ0) is 11.5. The average Bonchev–Trinajstić information content (AvgIpc) is 2.27. The van der Waals surface area contributed by atoms with Crippen molar-refractivity contribution in [2.24, 2.45) is 5.73 Å². The second-order valence-corrected chi connectivity index (χ2v) is 5.21. The molecule has 4 heteroatoms. The zero-order valence-electron chi connectivity index (χ0n) is 10.2. The average molecular weight is 225 g/mol. The summed E-state index contributed by atoms with van der Waals surface area (Å²) in [5, 5.41) is 0. The van der Waals surface area contributed by atoms with Crippen LogP contribution in [0.5, 0.6) is 0 Å². The summed E-state index contributed by atoms with van der Waals surface area (Å²) in [6, 6.07) is 0.594. The van der Waals surface area contributed by atoms with Gasteiger partial charge in [0.1, 0.15) is 0 Å². The summed E-state index contributed by atoms with van der Waals surface area (Å²) in [4.78, 5) is 16.5. The Hall–Kier alpha value is -0.610. The molecule has 0 aromatic carbocycles. The Balaban J connectivity index is 1.87. The van der Waals surface area contributed by atoms with Crippen molar-refractivity contribution in [3.63, 3.8) is 0 Å². The minimum absolute atomic E-state index is 0.0168. The number of hydrogen-bond donors (Lipinski definition) is 1. The number of piperidine rings is 1. The van der Waals surface area contributed by atoms with Crippen LogP contribution in [0, 0.1) is 0 Å². The number of fused-ring (bicyclic) bond motifs is 1. The highest BCUT2D eigenvalue weighted by molar-refractivity contribution is 5.76. The molecule has 4 nitrogen and oxygen atoms in total. The molecule has 2 N–H and O–H groups in total. The first kappa shape index (κ1) is 11.9. The fourth-order valence-electron chi connectivity index (χ4n) is 2.79. The first-order valence-electron chi connectivity index (χ1n) is 6.44. The van der Waals surface area contributed by atoms with Crippen molar-refractivity contribution in [2.45, 2.75) is 44.7 Å². The van der Waals surface area contributed by atoms with Crippen molar-refractivity contribution >= 4 is 5.91 Å². The van der Waals surface area contributed by atoms with Gasteiger partial charge in [0.15, 0.2) is 0 Å². The topological polar surface area (TPSA) is 49.6 Å². The molecule has 2 heterocycles. The number of nitrogens with zero attached hydrogens (tertiary/aromatic N) is 2. The van der Waals surface area contributed by atoms with E-state index in [1.54, 1.807) is 0 Å². The predicted octanol–water partition coefficient (Wildman–Crippen LogP) is 0.420. The highest BCUT2D eigenvalue weighted by Gasteiger charge is 2.30. The van der Waals surface area contributed by atoms with E-state index in [-0.39, 0.29) is 11.9 Å². The van der Waals surface area contributed by atoms with Gasteiger partial charge in [0.2, 0.25) is 5.91 Å². The maximum absolute atomic E-state index is 11.9. The molecule has 2 fully saturated rings. The lowest BCUT2D eigenvalue weighted by Crippen LogP contribution is -2.56. The standard InChI is InChI=1S/C12H23N3O/c1-10(13)8-12(16)15-7-6-14-5-3-2-4-11(14)9-15/h10-11H,2-9,13H2,1H3. The second-order valence-electron chi connectivity index (χ2n) is 5.21. The van der Waals surface area contributed by atoms with Crippen LogP contribution in [0.1, 0.15) is 32.6 Å². The number of carbonyl (C=O) groups excluding carboxylic acids is 1. The molecule has 1 amide bonds. The van der Waals surface area contributed by atoms with Crippen molar-refractivity contribution in [2.75, 3.05) is 26.2 Å². The van der Waals surface area contributed by atoms with E-state index in [2.05, 4.69) is 4.90 Å². The molecule has 0 aromatic heterocycles. The molecule has 0 aromatic rings. The smallest absolute Gasteiger partial charge is 0.224 e. The van der Waals surface area contributed by atoms with Gasteiger partial charge >= 0.3 is 0 Å². The zero-order valence-corrected chi connectivity index (χ0v) is 10.2. The summed E-state index contributed by atoms with van der Waals surface area (Å²) in [6.07, 6.45) is 4.38. The van der Waals surface area contributed by atoms with Crippen LogP contribution in [0.25, 0.3) is 0 Å². The summed E-state index contributed by atoms with van der Waals surface area (Å²) in [7, 11) is 0. The molecule has 0 saturated carbocycles. The quantitative estimate of drug-likeness (QED) is 0.741. The van der Waals surface area contributed by atoms with Gasteiger partial charge in [0.05, 0.1) is 0 Å². The molecule has 92 valence electrons. The largest absolute Gasteiger partial charge is 0.340 e. The molecule has 16 heavy (non-hydrogen) atoms. The maximum Gasteiger partial charge on any atom is 0.224 e. The van der Waals surface area contributed by atoms with Gasteiger partial charge in [-0.1, -0.05) is 6.42 Å². The maximum atomic E-state index is 11.9. The Morgan fingerprint density at radius 1 is 1.38 bits per heavy atom. The van der Waals surface area contributed by atoms with E-state index < -0.39 is 0 Å². The third-order valence-corrected chi connectivity index (χ3v) is 3.69. The third kappa shape index (κ3) is 2.74. The molecule has 2 atom stereocenters. The molecular formula is C12H23N3O. The number of nitrogens with two attached hydrogens (primary N) is 1. The van der Waals surface area contributed by atoms with E-state index in [1.807, 2.05) is 11.8 Å². The molecular weight excluding hydrogens is 202 g/mol. The van der Waals surface area contributed by atoms with Gasteiger partial charge in [-0.2, -0.15) is 0 Å². The lowest BCUT2D eigenvalue weighted by molar-refractivity contribution is -0.135. The van der Waals surface area contributed by atoms with E-state index in [9.17, 15) is 4.79 Å². The monoisotopic (exact) mass is 225 g/mol. The number of amides is 1. The Labute approximate surface area is 97.8 Å². The van der Waals surface area contributed by atoms with Crippen LogP contribution in [0.3, 0.4) is 0 Å². The Kier molecular flexibility index (Phi) is 3.82. The van der Waals surface area contributed by atoms with Gasteiger partial charge in [-0.25, -0.2) is 0 Å². The van der Waals surface area contributed by atoms with Crippen molar-refractivity contribution in [1.29, 1.82) is 0 Å². The number of hydrogen-bond acceptors (Lipinski definition) is 3. The van der Waals surface area contributed by atoms with E-state index >= 15 is 0 Å². The van der Waals surface area contributed by atoms with Crippen LogP contribution in [0.15, 0.2) is 0 Å². The summed E-state index contributed by atoms with van der Waals surface area (Å²) < 4.78 is 0. The molecule has 2 aliphatic heterocycles. The molecule has 0 aliphatic carbocycles. The number of carbonyl (C=O) groups is 1. The molecule has 2 aliphatic rings. The van der Waals surface area contributed by atoms with Gasteiger partial charge < -0.3 is 10.6 Å². The Bertz CT molecular complexity index is 255. The van der Waals surface area contributed by atoms with Crippen LogP contribution in [0.4, 0.5) is 0 Å². The molecule has 0 radical (unpaired) electrons. The summed E-state index contributed by atoms with van der Waals surface area (Å²) >= 11 is 0. The molecule has 2 saturated heterocycles. The van der Waals surface area contributed by atoms with Gasteiger partial charge in [-0.3, -0.25) is 9.69 Å². The fourth-order valence-corrected chi connectivity index (χ4v) is 2.79. The molecule has 2 unspecified atom stereocenters. The van der Waals surface area contributed by atoms with Crippen LogP contribution < -0.4 is 5.73 Å². The van der Waals surface area contributed by atoms with Crippen molar-refractivity contribution in [3.8, 4) is 0 Å². The van der Waals surface area contributed by atoms with E-state index in [0.29, 0.717) is 12.5 Å². The first-order valence-corrected chi connectivity index (χ1v) is 6.44. The fraction of sp³-hybridized carbons (Fsp3) is 0.917. The lowest BCUT2D eigenvalue weighted by atomic mass is 9.99. The summed E-state index contributed by atoms with van der Waals surface area (Å²) in [6.45, 7) is 5.98. The SMILES string of the molecule is CC(N)CC(=O)N1CCN2CCCCC2C1. The number of rotatable bonds is 2.